The highest BCUT2D eigenvalue weighted by Crippen LogP contribution is 2.21. The summed E-state index contributed by atoms with van der Waals surface area (Å²) in [6.07, 6.45) is 13.8. The van der Waals surface area contributed by atoms with Gasteiger partial charge in [-0.15, -0.1) is 0 Å². The summed E-state index contributed by atoms with van der Waals surface area (Å²) >= 11 is 0. The fourth-order valence-electron chi connectivity index (χ4n) is 4.06. The molecule has 0 saturated heterocycles. The van der Waals surface area contributed by atoms with Crippen molar-refractivity contribution in [2.45, 2.75) is 117 Å². The quantitative estimate of drug-likeness (QED) is 0.213. The van der Waals surface area contributed by atoms with E-state index in [1.807, 2.05) is 0 Å². The molecule has 1 aromatic heterocycles. The van der Waals surface area contributed by atoms with Gasteiger partial charge in [-0.3, -0.25) is 0 Å². The molecule has 0 amide bonds. The third-order valence-corrected chi connectivity index (χ3v) is 13.2. The number of hydrogen-bond acceptors (Lipinski definition) is 3. The van der Waals surface area contributed by atoms with E-state index in [0.29, 0.717) is 6.54 Å². The van der Waals surface area contributed by atoms with E-state index in [1.54, 1.807) is 6.26 Å². The highest BCUT2D eigenvalue weighted by molar-refractivity contribution is 7.89. The van der Waals surface area contributed by atoms with Crippen LogP contribution in [0.4, 0.5) is 0 Å². The topological polar surface area (TPSA) is 59.3 Å². The van der Waals surface area contributed by atoms with Gasteiger partial charge >= 0.3 is 0 Å². The monoisotopic (exact) mass is 443 g/mol. The van der Waals surface area contributed by atoms with Gasteiger partial charge in [0.1, 0.15) is 8.07 Å². The van der Waals surface area contributed by atoms with Gasteiger partial charge in [0, 0.05) is 12.1 Å². The van der Waals surface area contributed by atoms with Crippen molar-refractivity contribution in [2.24, 2.45) is 0 Å². The molecule has 0 atom stereocenters. The van der Waals surface area contributed by atoms with Crippen molar-refractivity contribution in [1.82, 2.24) is 4.72 Å². The summed E-state index contributed by atoms with van der Waals surface area (Å²) in [5.41, 5.74) is 0.943. The summed E-state index contributed by atoms with van der Waals surface area (Å²) in [5, 5.41) is 1.12. The molecule has 0 aromatic carbocycles. The molecule has 170 valence electrons. The first-order chi connectivity index (χ1) is 13.9. The van der Waals surface area contributed by atoms with E-state index in [9.17, 15) is 8.42 Å². The lowest BCUT2D eigenvalue weighted by atomic mass is 10.1. The molecule has 0 aliphatic carbocycles. The van der Waals surface area contributed by atoms with Crippen molar-refractivity contribution in [2.75, 3.05) is 5.75 Å². The zero-order valence-corrected chi connectivity index (χ0v) is 21.2. The minimum absolute atomic E-state index is 0.228. The van der Waals surface area contributed by atoms with Crippen LogP contribution in [-0.2, 0) is 16.6 Å². The third kappa shape index (κ3) is 9.84. The summed E-state index contributed by atoms with van der Waals surface area (Å²) < 4.78 is 33.2. The maximum Gasteiger partial charge on any atom is 0.211 e. The molecule has 4 nitrogen and oxygen atoms in total. The number of unbranched alkanes of at least 4 members (excludes halogenated alkanes) is 9. The van der Waals surface area contributed by atoms with Gasteiger partial charge in [0.15, 0.2) is 0 Å². The maximum atomic E-state index is 12.3. The molecule has 1 heterocycles. The Balaban J connectivity index is 2.26. The highest BCUT2D eigenvalue weighted by Gasteiger charge is 2.32. The average molecular weight is 444 g/mol. The Morgan fingerprint density at radius 2 is 1.34 bits per heavy atom. The summed E-state index contributed by atoms with van der Waals surface area (Å²) in [4.78, 5) is 0. The molecule has 6 heteroatoms. The Labute approximate surface area is 181 Å². The van der Waals surface area contributed by atoms with Crippen LogP contribution >= 0.6 is 0 Å². The SMILES string of the molecule is CCCCCCCCCCCCS(=O)(=O)NCc1coc([Si](CC)(CC)CC)c1. The standard InChI is InChI=1S/C23H45NO3SSi/c1-5-9-10-11-12-13-14-15-16-17-18-28(25,26)24-20-22-19-23(27-21-22)29(6-2,7-3)8-4/h19,21,24H,5-18,20H2,1-4H3. The normalized spacial score (nSPS) is 12.6. The van der Waals surface area contributed by atoms with E-state index in [0.717, 1.165) is 48.3 Å². The van der Waals surface area contributed by atoms with Gasteiger partial charge < -0.3 is 4.42 Å². The Morgan fingerprint density at radius 3 is 1.86 bits per heavy atom. The second kappa shape index (κ2) is 14.4. The number of rotatable bonds is 18. The largest absolute Gasteiger partial charge is 0.474 e. The Bertz CT molecular complexity index is 630. The van der Waals surface area contributed by atoms with Crippen molar-refractivity contribution in [3.8, 4) is 0 Å². The molecule has 1 rings (SSSR count). The second-order valence-electron chi connectivity index (χ2n) is 8.48. The van der Waals surface area contributed by atoms with Gasteiger partial charge in [0.05, 0.1) is 17.4 Å². The molecule has 0 aliphatic rings. The molecule has 0 fully saturated rings. The summed E-state index contributed by atoms with van der Waals surface area (Å²) in [5.74, 6) is 0.228. The van der Waals surface area contributed by atoms with Crippen LogP contribution in [0.1, 0.15) is 97.5 Å². The number of hydrogen-bond donors (Lipinski definition) is 1. The Hall–Kier alpha value is -0.593. The van der Waals surface area contributed by atoms with E-state index < -0.39 is 18.1 Å². The lowest BCUT2D eigenvalue weighted by Gasteiger charge is -2.24. The van der Waals surface area contributed by atoms with Crippen molar-refractivity contribution in [3.63, 3.8) is 0 Å². The Morgan fingerprint density at radius 1 is 0.828 bits per heavy atom. The first kappa shape index (κ1) is 26.4. The van der Waals surface area contributed by atoms with Gasteiger partial charge in [0.2, 0.25) is 10.0 Å². The molecule has 0 aliphatic heterocycles. The summed E-state index contributed by atoms with van der Waals surface area (Å²) in [7, 11) is -4.75. The molecule has 1 aromatic rings. The minimum atomic E-state index is -3.21. The third-order valence-electron chi connectivity index (χ3n) is 6.47. The van der Waals surface area contributed by atoms with Crippen LogP contribution in [0.2, 0.25) is 18.1 Å². The maximum absolute atomic E-state index is 12.3. The fraction of sp³-hybridized carbons (Fsp3) is 0.826. The minimum Gasteiger partial charge on any atom is -0.474 e. The van der Waals surface area contributed by atoms with Gasteiger partial charge in [0.25, 0.3) is 0 Å². The molecular weight excluding hydrogens is 398 g/mol. The zero-order chi connectivity index (χ0) is 21.6. The van der Waals surface area contributed by atoms with Gasteiger partial charge in [-0.05, 0) is 12.5 Å². The van der Waals surface area contributed by atoms with Crippen molar-refractivity contribution >= 4 is 23.5 Å². The molecule has 29 heavy (non-hydrogen) atoms. The van der Waals surface area contributed by atoms with Gasteiger partial charge in [-0.1, -0.05) is 104 Å². The first-order valence-corrected chi connectivity index (χ1v) is 16.3. The number of sulfonamides is 1. The number of nitrogens with one attached hydrogen (secondary N) is 1. The zero-order valence-electron chi connectivity index (χ0n) is 19.4. The molecule has 1 N–H and O–H groups in total. The van der Waals surface area contributed by atoms with E-state index in [1.165, 1.54) is 44.9 Å². The lowest BCUT2D eigenvalue weighted by Crippen LogP contribution is -2.44. The molecule has 0 spiro atoms. The van der Waals surface area contributed by atoms with Crippen LogP contribution in [0.15, 0.2) is 16.7 Å². The predicted octanol–water partition coefficient (Wildman–Crippen LogP) is 6.34. The Kier molecular flexibility index (Phi) is 13.1. The molecular formula is C23H45NO3SSi. The van der Waals surface area contributed by atoms with Gasteiger partial charge in [-0.2, -0.15) is 0 Å². The van der Waals surface area contributed by atoms with E-state index in [4.69, 9.17) is 4.42 Å². The van der Waals surface area contributed by atoms with Crippen LogP contribution < -0.4 is 10.1 Å². The summed E-state index contributed by atoms with van der Waals surface area (Å²) in [6.45, 7) is 9.32. The summed E-state index contributed by atoms with van der Waals surface area (Å²) in [6, 6.07) is 5.58. The smallest absolute Gasteiger partial charge is 0.211 e. The molecule has 0 bridgehead atoms. The fourth-order valence-corrected chi connectivity index (χ4v) is 8.53. The van der Waals surface area contributed by atoms with Crippen LogP contribution in [0.3, 0.4) is 0 Å². The van der Waals surface area contributed by atoms with Gasteiger partial charge in [-0.25, -0.2) is 13.1 Å². The molecule has 0 saturated carbocycles. The van der Waals surface area contributed by atoms with Crippen molar-refractivity contribution in [1.29, 1.82) is 0 Å². The highest BCUT2D eigenvalue weighted by atomic mass is 32.2. The van der Waals surface area contributed by atoms with Crippen molar-refractivity contribution in [3.05, 3.63) is 17.9 Å². The van der Waals surface area contributed by atoms with Crippen LogP contribution in [0, 0.1) is 0 Å². The molecule has 0 unspecified atom stereocenters. The first-order valence-electron chi connectivity index (χ1n) is 12.0. The van der Waals surface area contributed by atoms with E-state index in [-0.39, 0.29) is 5.75 Å². The van der Waals surface area contributed by atoms with Crippen LogP contribution in [0.5, 0.6) is 0 Å². The van der Waals surface area contributed by atoms with E-state index in [2.05, 4.69) is 38.5 Å². The van der Waals surface area contributed by atoms with Crippen molar-refractivity contribution < 1.29 is 12.8 Å². The van der Waals surface area contributed by atoms with Crippen LogP contribution in [0.25, 0.3) is 0 Å². The second-order valence-corrected chi connectivity index (χ2v) is 15.6. The molecule has 0 radical (unpaired) electrons. The average Bonchev–Trinajstić information content (AvgIpc) is 3.19. The van der Waals surface area contributed by atoms with Crippen LogP contribution in [-0.4, -0.2) is 22.2 Å². The predicted molar refractivity (Wildman–Crippen MR) is 128 cm³/mol. The number of furan rings is 1. The van der Waals surface area contributed by atoms with E-state index >= 15 is 0 Å². The lowest BCUT2D eigenvalue weighted by molar-refractivity contribution is 0.554.